The molecule has 1 fully saturated rings. The van der Waals surface area contributed by atoms with Gasteiger partial charge in [0.2, 0.25) is 0 Å². The maximum absolute atomic E-state index is 13.3. The minimum atomic E-state index is -0.288. The van der Waals surface area contributed by atoms with E-state index in [1.54, 1.807) is 12.3 Å². The van der Waals surface area contributed by atoms with E-state index in [0.29, 0.717) is 11.9 Å². The standard InChI is InChI=1S/C12H18FN3/c1-9(16(2)10-5-6-10)8-15-12-11(13)4-3-7-14-12/h3-4,7,9-10H,5-6,8H2,1-2H3,(H,14,15). The summed E-state index contributed by atoms with van der Waals surface area (Å²) in [6.45, 7) is 2.87. The summed E-state index contributed by atoms with van der Waals surface area (Å²) in [6, 6.07) is 4.14. The van der Waals surface area contributed by atoms with E-state index < -0.39 is 0 Å². The van der Waals surface area contributed by atoms with Gasteiger partial charge in [-0.1, -0.05) is 0 Å². The number of aromatic nitrogens is 1. The van der Waals surface area contributed by atoms with Crippen molar-refractivity contribution >= 4 is 5.82 Å². The van der Waals surface area contributed by atoms with Crippen molar-refractivity contribution in [1.82, 2.24) is 9.88 Å². The van der Waals surface area contributed by atoms with Crippen molar-refractivity contribution in [2.24, 2.45) is 0 Å². The lowest BCUT2D eigenvalue weighted by atomic mass is 10.3. The van der Waals surface area contributed by atoms with Gasteiger partial charge in [0.25, 0.3) is 0 Å². The molecule has 4 heteroatoms. The number of rotatable bonds is 5. The third kappa shape index (κ3) is 2.70. The van der Waals surface area contributed by atoms with Gasteiger partial charge in [0.05, 0.1) is 0 Å². The van der Waals surface area contributed by atoms with Crippen LogP contribution in [0.3, 0.4) is 0 Å². The van der Waals surface area contributed by atoms with Crippen LogP contribution in [0, 0.1) is 5.82 Å². The summed E-state index contributed by atoms with van der Waals surface area (Å²) in [7, 11) is 2.12. The first kappa shape index (κ1) is 11.3. The molecule has 3 nitrogen and oxygen atoms in total. The van der Waals surface area contributed by atoms with E-state index in [1.807, 2.05) is 0 Å². The van der Waals surface area contributed by atoms with Crippen molar-refractivity contribution in [1.29, 1.82) is 0 Å². The van der Waals surface area contributed by atoms with Gasteiger partial charge in [0, 0.05) is 24.8 Å². The quantitative estimate of drug-likeness (QED) is 0.828. The van der Waals surface area contributed by atoms with Gasteiger partial charge in [0.15, 0.2) is 11.6 Å². The molecule has 0 aliphatic heterocycles. The normalized spacial score (nSPS) is 17.5. The minimum Gasteiger partial charge on any atom is -0.366 e. The summed E-state index contributed by atoms with van der Waals surface area (Å²) >= 11 is 0. The molecule has 1 atom stereocenters. The second-order valence-corrected chi connectivity index (χ2v) is 4.46. The van der Waals surface area contributed by atoms with E-state index in [1.165, 1.54) is 18.9 Å². The van der Waals surface area contributed by atoms with Crippen LogP contribution in [-0.4, -0.2) is 35.6 Å². The maximum atomic E-state index is 13.3. The Hall–Kier alpha value is -1.16. The van der Waals surface area contributed by atoms with Crippen LogP contribution in [0.25, 0.3) is 0 Å². The van der Waals surface area contributed by atoms with E-state index in [2.05, 4.69) is 29.2 Å². The van der Waals surface area contributed by atoms with Crippen LogP contribution in [0.4, 0.5) is 10.2 Å². The first-order valence-corrected chi connectivity index (χ1v) is 5.75. The van der Waals surface area contributed by atoms with Crippen molar-refractivity contribution in [2.75, 3.05) is 18.9 Å². The van der Waals surface area contributed by atoms with Crippen molar-refractivity contribution in [3.8, 4) is 0 Å². The van der Waals surface area contributed by atoms with Crippen molar-refractivity contribution < 1.29 is 4.39 Å². The van der Waals surface area contributed by atoms with E-state index in [-0.39, 0.29) is 5.82 Å². The minimum absolute atomic E-state index is 0.288. The van der Waals surface area contributed by atoms with Crippen LogP contribution in [0.15, 0.2) is 18.3 Å². The van der Waals surface area contributed by atoms with E-state index in [4.69, 9.17) is 0 Å². The molecule has 88 valence electrons. The average molecular weight is 223 g/mol. The zero-order valence-electron chi connectivity index (χ0n) is 9.78. The van der Waals surface area contributed by atoms with Crippen LogP contribution < -0.4 is 5.32 Å². The molecule has 1 aromatic rings. The summed E-state index contributed by atoms with van der Waals surface area (Å²) in [5.41, 5.74) is 0. The fourth-order valence-electron chi connectivity index (χ4n) is 1.75. The second kappa shape index (κ2) is 4.78. The van der Waals surface area contributed by atoms with Gasteiger partial charge >= 0.3 is 0 Å². The molecule has 0 radical (unpaired) electrons. The van der Waals surface area contributed by atoms with Gasteiger partial charge in [-0.15, -0.1) is 0 Å². The number of nitrogens with zero attached hydrogens (tertiary/aromatic N) is 2. The van der Waals surface area contributed by atoms with Crippen LogP contribution in [0.1, 0.15) is 19.8 Å². The third-order valence-electron chi connectivity index (χ3n) is 3.14. The molecule has 0 amide bonds. The van der Waals surface area contributed by atoms with Crippen molar-refractivity contribution in [2.45, 2.75) is 31.8 Å². The maximum Gasteiger partial charge on any atom is 0.165 e. The van der Waals surface area contributed by atoms with Gasteiger partial charge in [0.1, 0.15) is 0 Å². The summed E-state index contributed by atoms with van der Waals surface area (Å²) in [6.07, 6.45) is 4.18. The largest absolute Gasteiger partial charge is 0.366 e. The number of likely N-dealkylation sites (N-methyl/N-ethyl adjacent to an activating group) is 1. The molecule has 16 heavy (non-hydrogen) atoms. The van der Waals surface area contributed by atoms with Gasteiger partial charge < -0.3 is 5.32 Å². The summed E-state index contributed by atoms with van der Waals surface area (Å²) < 4.78 is 13.3. The molecule has 1 saturated carbocycles. The highest BCUT2D eigenvalue weighted by Gasteiger charge is 2.28. The Morgan fingerprint density at radius 1 is 1.62 bits per heavy atom. The molecule has 1 aliphatic carbocycles. The predicted octanol–water partition coefficient (Wildman–Crippen LogP) is 2.12. The fourth-order valence-corrected chi connectivity index (χ4v) is 1.75. The topological polar surface area (TPSA) is 28.2 Å². The van der Waals surface area contributed by atoms with Crippen LogP contribution in [0.2, 0.25) is 0 Å². The third-order valence-corrected chi connectivity index (χ3v) is 3.14. The van der Waals surface area contributed by atoms with Gasteiger partial charge in [-0.25, -0.2) is 9.37 Å². The molecule has 0 spiro atoms. The number of anilines is 1. The van der Waals surface area contributed by atoms with Crippen LogP contribution in [0.5, 0.6) is 0 Å². The fraction of sp³-hybridized carbons (Fsp3) is 0.583. The Balaban J connectivity index is 1.84. The molecule has 0 bridgehead atoms. The van der Waals surface area contributed by atoms with Crippen molar-refractivity contribution in [3.05, 3.63) is 24.1 Å². The Morgan fingerprint density at radius 2 is 2.38 bits per heavy atom. The van der Waals surface area contributed by atoms with Crippen LogP contribution >= 0.6 is 0 Å². The lowest BCUT2D eigenvalue weighted by Crippen LogP contribution is -2.36. The molecule has 1 aliphatic rings. The number of nitrogens with one attached hydrogen (secondary N) is 1. The molecular weight excluding hydrogens is 205 g/mol. The Labute approximate surface area is 95.7 Å². The molecule has 0 saturated heterocycles. The van der Waals surface area contributed by atoms with E-state index in [0.717, 1.165) is 12.6 Å². The zero-order valence-corrected chi connectivity index (χ0v) is 9.78. The highest BCUT2D eigenvalue weighted by atomic mass is 19.1. The number of halogens is 1. The highest BCUT2D eigenvalue weighted by molar-refractivity contribution is 5.35. The summed E-state index contributed by atoms with van der Waals surface area (Å²) in [4.78, 5) is 6.31. The van der Waals surface area contributed by atoms with Gasteiger partial charge in [-0.2, -0.15) is 0 Å². The number of hydrogen-bond acceptors (Lipinski definition) is 3. The first-order valence-electron chi connectivity index (χ1n) is 5.75. The lowest BCUT2D eigenvalue weighted by molar-refractivity contribution is 0.257. The average Bonchev–Trinajstić information content (AvgIpc) is 3.10. The van der Waals surface area contributed by atoms with Crippen molar-refractivity contribution in [3.63, 3.8) is 0 Å². The van der Waals surface area contributed by atoms with Crippen LogP contribution in [-0.2, 0) is 0 Å². The Kier molecular flexibility index (Phi) is 3.39. The molecule has 1 heterocycles. The predicted molar refractivity (Wildman–Crippen MR) is 62.9 cm³/mol. The number of pyridine rings is 1. The SMILES string of the molecule is CC(CNc1ncccc1F)N(C)C1CC1. The zero-order chi connectivity index (χ0) is 11.5. The molecular formula is C12H18FN3. The Bertz CT molecular complexity index is 352. The first-order chi connectivity index (χ1) is 7.68. The molecule has 2 rings (SSSR count). The summed E-state index contributed by atoms with van der Waals surface area (Å²) in [5, 5.41) is 3.05. The molecule has 1 aromatic heterocycles. The highest BCUT2D eigenvalue weighted by Crippen LogP contribution is 2.26. The number of hydrogen-bond donors (Lipinski definition) is 1. The molecule has 0 aromatic carbocycles. The Morgan fingerprint density at radius 3 is 3.00 bits per heavy atom. The van der Waals surface area contributed by atoms with Gasteiger partial charge in [-0.05, 0) is 38.9 Å². The summed E-state index contributed by atoms with van der Waals surface area (Å²) in [5.74, 6) is 0.0577. The van der Waals surface area contributed by atoms with E-state index >= 15 is 0 Å². The monoisotopic (exact) mass is 223 g/mol. The molecule has 1 unspecified atom stereocenters. The molecule has 1 N–H and O–H groups in total. The lowest BCUT2D eigenvalue weighted by Gasteiger charge is -2.24. The second-order valence-electron chi connectivity index (χ2n) is 4.46. The van der Waals surface area contributed by atoms with Gasteiger partial charge in [-0.3, -0.25) is 4.90 Å². The smallest absolute Gasteiger partial charge is 0.165 e. The van der Waals surface area contributed by atoms with E-state index in [9.17, 15) is 4.39 Å².